The second kappa shape index (κ2) is 6.72. The molecule has 1 aliphatic rings. The number of likely N-dealkylation sites (N-methyl/N-ethyl adjacent to an activating group) is 1. The van der Waals surface area contributed by atoms with Gasteiger partial charge in [0.1, 0.15) is 0 Å². The zero-order chi connectivity index (χ0) is 15.5. The fraction of sp³-hybridized carbons (Fsp3) is 0.368. The van der Waals surface area contributed by atoms with Gasteiger partial charge in [0, 0.05) is 42.5 Å². The van der Waals surface area contributed by atoms with Crippen LogP contribution in [-0.2, 0) is 6.42 Å². The van der Waals surface area contributed by atoms with E-state index in [4.69, 9.17) is 11.6 Å². The minimum atomic E-state index is 0.796. The normalized spacial score (nSPS) is 16.0. The van der Waals surface area contributed by atoms with Crippen molar-refractivity contribution in [2.24, 2.45) is 0 Å². The Labute approximate surface area is 138 Å². The molecule has 0 saturated carbocycles. The van der Waals surface area contributed by atoms with Crippen LogP contribution in [0.1, 0.15) is 12.5 Å². The maximum atomic E-state index is 6.36. The molecule has 0 aliphatic carbocycles. The Hall–Kier alpha value is -1.51. The van der Waals surface area contributed by atoms with Gasteiger partial charge in [-0.1, -0.05) is 36.7 Å². The van der Waals surface area contributed by atoms with Crippen molar-refractivity contribution in [3.05, 3.63) is 53.1 Å². The number of halogens is 1. The Bertz CT molecular complexity index is 646. The Morgan fingerprint density at radius 3 is 2.55 bits per heavy atom. The number of anilines is 1. The van der Waals surface area contributed by atoms with Gasteiger partial charge in [0.15, 0.2) is 0 Å². The minimum absolute atomic E-state index is 0.796. The molecule has 3 heteroatoms. The monoisotopic (exact) mass is 313 g/mol. The van der Waals surface area contributed by atoms with Gasteiger partial charge < -0.3 is 9.80 Å². The summed E-state index contributed by atoms with van der Waals surface area (Å²) in [6.07, 6.45) is 1.00. The number of rotatable bonds is 3. The standard InChI is InChI=1S/C19H22ClN2/c1-3-15-8-9-16(17-6-4-5-7-18(17)20)14-19(15)22-12-10-21(2)11-13-22/h4-7,9,14H,3,10-13H2,1-2H3. The van der Waals surface area contributed by atoms with Gasteiger partial charge in [0.25, 0.3) is 0 Å². The van der Waals surface area contributed by atoms with Gasteiger partial charge in [0.05, 0.1) is 0 Å². The molecule has 115 valence electrons. The van der Waals surface area contributed by atoms with Crippen molar-refractivity contribution in [1.82, 2.24) is 4.90 Å². The topological polar surface area (TPSA) is 6.48 Å². The van der Waals surface area contributed by atoms with Crippen LogP contribution < -0.4 is 4.90 Å². The first-order valence-corrected chi connectivity index (χ1v) is 8.30. The molecule has 1 heterocycles. The van der Waals surface area contributed by atoms with Crippen molar-refractivity contribution < 1.29 is 0 Å². The van der Waals surface area contributed by atoms with Crippen LogP contribution in [0.3, 0.4) is 0 Å². The molecule has 2 aromatic rings. The van der Waals surface area contributed by atoms with E-state index in [0.717, 1.165) is 48.7 Å². The first-order chi connectivity index (χ1) is 10.7. The quantitative estimate of drug-likeness (QED) is 0.841. The summed E-state index contributed by atoms with van der Waals surface area (Å²) in [5.74, 6) is 0. The third-order valence-electron chi connectivity index (χ3n) is 4.39. The summed E-state index contributed by atoms with van der Waals surface area (Å²) < 4.78 is 0. The number of benzene rings is 2. The predicted octanol–water partition coefficient (Wildman–Crippen LogP) is 4.12. The average Bonchev–Trinajstić information content (AvgIpc) is 2.55. The highest BCUT2D eigenvalue weighted by Crippen LogP contribution is 2.32. The lowest BCUT2D eigenvalue weighted by molar-refractivity contribution is 0.312. The maximum absolute atomic E-state index is 6.36. The summed E-state index contributed by atoms with van der Waals surface area (Å²) in [6.45, 7) is 6.56. The van der Waals surface area contributed by atoms with Gasteiger partial charge in [0.2, 0.25) is 0 Å². The van der Waals surface area contributed by atoms with Crippen molar-refractivity contribution in [3.63, 3.8) is 0 Å². The van der Waals surface area contributed by atoms with E-state index in [0.29, 0.717) is 0 Å². The molecule has 0 bridgehead atoms. The van der Waals surface area contributed by atoms with Gasteiger partial charge in [-0.05, 0) is 48.9 Å². The summed E-state index contributed by atoms with van der Waals surface area (Å²) >= 11 is 6.36. The van der Waals surface area contributed by atoms with Gasteiger partial charge in [-0.15, -0.1) is 0 Å². The third kappa shape index (κ3) is 3.13. The molecule has 1 fully saturated rings. The van der Waals surface area contributed by atoms with Crippen LogP contribution in [-0.4, -0.2) is 38.1 Å². The number of aryl methyl sites for hydroxylation is 1. The molecule has 0 atom stereocenters. The second-order valence-corrected chi connectivity index (χ2v) is 6.28. The zero-order valence-corrected chi connectivity index (χ0v) is 14.0. The van der Waals surface area contributed by atoms with Crippen molar-refractivity contribution >= 4 is 17.3 Å². The summed E-state index contributed by atoms with van der Waals surface area (Å²) in [5, 5.41) is 0.796. The van der Waals surface area contributed by atoms with E-state index < -0.39 is 0 Å². The Morgan fingerprint density at radius 1 is 1.14 bits per heavy atom. The largest absolute Gasteiger partial charge is 0.369 e. The fourth-order valence-electron chi connectivity index (χ4n) is 2.98. The molecule has 0 unspecified atom stereocenters. The lowest BCUT2D eigenvalue weighted by atomic mass is 10.00. The van der Waals surface area contributed by atoms with Crippen LogP contribution in [0.2, 0.25) is 5.02 Å². The number of hydrogen-bond acceptors (Lipinski definition) is 2. The lowest BCUT2D eigenvalue weighted by Crippen LogP contribution is -2.44. The zero-order valence-electron chi connectivity index (χ0n) is 13.3. The van der Waals surface area contributed by atoms with Crippen LogP contribution in [0.25, 0.3) is 11.1 Å². The molecule has 0 aromatic heterocycles. The van der Waals surface area contributed by atoms with Crippen molar-refractivity contribution in [1.29, 1.82) is 0 Å². The first-order valence-electron chi connectivity index (χ1n) is 7.92. The molecule has 0 N–H and O–H groups in total. The highest BCUT2D eigenvalue weighted by Gasteiger charge is 2.17. The third-order valence-corrected chi connectivity index (χ3v) is 4.72. The van der Waals surface area contributed by atoms with E-state index in [1.54, 1.807) is 0 Å². The smallest absolute Gasteiger partial charge is 0.0484 e. The first kappa shape index (κ1) is 15.4. The van der Waals surface area contributed by atoms with Crippen LogP contribution in [0.15, 0.2) is 36.4 Å². The molecule has 0 amide bonds. The summed E-state index contributed by atoms with van der Waals surface area (Å²) in [7, 11) is 2.18. The maximum Gasteiger partial charge on any atom is 0.0484 e. The fourth-order valence-corrected chi connectivity index (χ4v) is 3.22. The highest BCUT2D eigenvalue weighted by molar-refractivity contribution is 6.33. The Morgan fingerprint density at radius 2 is 1.86 bits per heavy atom. The van der Waals surface area contributed by atoms with E-state index in [1.165, 1.54) is 11.3 Å². The number of hydrogen-bond donors (Lipinski definition) is 0. The molecule has 3 rings (SSSR count). The van der Waals surface area contributed by atoms with Crippen LogP contribution >= 0.6 is 11.6 Å². The molecule has 1 saturated heterocycles. The predicted molar refractivity (Wildman–Crippen MR) is 94.8 cm³/mol. The number of nitrogens with zero attached hydrogens (tertiary/aromatic N) is 2. The Balaban J connectivity index is 1.98. The summed E-state index contributed by atoms with van der Waals surface area (Å²) in [4.78, 5) is 4.86. The molecule has 2 nitrogen and oxygen atoms in total. The SMILES string of the molecule is CCc1[c]cc(-c2ccccc2Cl)cc1N1CCN(C)CC1. The molecule has 22 heavy (non-hydrogen) atoms. The highest BCUT2D eigenvalue weighted by atomic mass is 35.5. The Kier molecular flexibility index (Phi) is 4.70. The molecule has 0 spiro atoms. The average molecular weight is 314 g/mol. The van der Waals surface area contributed by atoms with Crippen molar-refractivity contribution in [3.8, 4) is 11.1 Å². The summed E-state index contributed by atoms with van der Waals surface area (Å²) in [6, 6.07) is 15.8. The van der Waals surface area contributed by atoms with Gasteiger partial charge in [-0.2, -0.15) is 0 Å². The minimum Gasteiger partial charge on any atom is -0.369 e. The van der Waals surface area contributed by atoms with Gasteiger partial charge in [-0.3, -0.25) is 0 Å². The molecular weight excluding hydrogens is 292 g/mol. The molecule has 1 radical (unpaired) electrons. The molecule has 2 aromatic carbocycles. The van der Waals surface area contributed by atoms with E-state index >= 15 is 0 Å². The van der Waals surface area contributed by atoms with E-state index in [-0.39, 0.29) is 0 Å². The van der Waals surface area contributed by atoms with Gasteiger partial charge in [-0.25, -0.2) is 0 Å². The van der Waals surface area contributed by atoms with Crippen LogP contribution in [0.5, 0.6) is 0 Å². The van der Waals surface area contributed by atoms with E-state index in [9.17, 15) is 0 Å². The second-order valence-electron chi connectivity index (χ2n) is 5.88. The van der Waals surface area contributed by atoms with Crippen LogP contribution in [0.4, 0.5) is 5.69 Å². The van der Waals surface area contributed by atoms with Crippen LogP contribution in [0, 0.1) is 6.07 Å². The van der Waals surface area contributed by atoms with Crippen molar-refractivity contribution in [2.45, 2.75) is 13.3 Å². The molecule has 1 aliphatic heterocycles. The van der Waals surface area contributed by atoms with Gasteiger partial charge >= 0.3 is 0 Å². The number of piperazine rings is 1. The summed E-state index contributed by atoms with van der Waals surface area (Å²) in [5.41, 5.74) is 4.84. The lowest BCUT2D eigenvalue weighted by Gasteiger charge is -2.35. The van der Waals surface area contributed by atoms with E-state index in [1.807, 2.05) is 18.2 Å². The van der Waals surface area contributed by atoms with Crippen molar-refractivity contribution in [2.75, 3.05) is 38.1 Å². The van der Waals surface area contributed by atoms with E-state index in [2.05, 4.69) is 48.0 Å². The molecular formula is C19H22ClN2.